The number of aromatic nitrogens is 1. The maximum absolute atomic E-state index is 14.9. The molecule has 1 fully saturated rings. The van der Waals surface area contributed by atoms with E-state index >= 15 is 0 Å². The van der Waals surface area contributed by atoms with Gasteiger partial charge in [-0.1, -0.05) is 31.2 Å². The van der Waals surface area contributed by atoms with Crippen LogP contribution in [0.1, 0.15) is 73.4 Å². The molecule has 0 saturated heterocycles. The number of pyridine rings is 1. The van der Waals surface area contributed by atoms with Gasteiger partial charge in [0.05, 0.1) is 19.2 Å². The zero-order chi connectivity index (χ0) is 27.8. The summed E-state index contributed by atoms with van der Waals surface area (Å²) >= 11 is 0. The standard InChI is InChI=1S/C32H37FN2O4/c1-18(32(36)37)31(21-7-8-21)23-9-6-20-11-13-28(39-29(20)15-23)22-10-12-24(25(14-22)19(2)35(3)4)26-16-30(38-5)34-17-27(26)33/h6,9-10,12,14-19,21,28,31H,7-8,11,13H2,1-5H3,(H,36,37)/t18-,19-,28+,31?/m0/s1. The number of halogens is 1. The van der Waals surface area contributed by atoms with Gasteiger partial charge in [0.25, 0.3) is 0 Å². The summed E-state index contributed by atoms with van der Waals surface area (Å²) in [5, 5.41) is 9.71. The summed E-state index contributed by atoms with van der Waals surface area (Å²) in [6, 6.07) is 14.0. The van der Waals surface area contributed by atoms with Crippen molar-refractivity contribution >= 4 is 5.97 Å². The quantitative estimate of drug-likeness (QED) is 0.327. The summed E-state index contributed by atoms with van der Waals surface area (Å²) in [7, 11) is 5.54. The highest BCUT2D eigenvalue weighted by atomic mass is 19.1. The lowest BCUT2D eigenvalue weighted by atomic mass is 9.82. The summed E-state index contributed by atoms with van der Waals surface area (Å²) in [6.07, 6.45) is 4.90. The normalized spacial score (nSPS) is 19.1. The number of aryl methyl sites for hydroxylation is 1. The summed E-state index contributed by atoms with van der Waals surface area (Å²) in [5.74, 6) is 0.0251. The van der Waals surface area contributed by atoms with Gasteiger partial charge < -0.3 is 19.5 Å². The van der Waals surface area contributed by atoms with Crippen LogP contribution in [0.4, 0.5) is 4.39 Å². The van der Waals surface area contributed by atoms with Crippen LogP contribution >= 0.6 is 0 Å². The molecule has 0 bridgehead atoms. The summed E-state index contributed by atoms with van der Waals surface area (Å²) in [5.41, 5.74) is 5.49. The molecule has 5 rings (SSSR count). The smallest absolute Gasteiger partial charge is 0.306 e. The number of hydrogen-bond donors (Lipinski definition) is 1. The second kappa shape index (κ2) is 11.0. The number of hydrogen-bond acceptors (Lipinski definition) is 5. The minimum Gasteiger partial charge on any atom is -0.485 e. The van der Waals surface area contributed by atoms with Crippen LogP contribution in [0, 0.1) is 17.7 Å². The van der Waals surface area contributed by atoms with Crippen molar-refractivity contribution < 1.29 is 23.8 Å². The minimum atomic E-state index is -0.755. The van der Waals surface area contributed by atoms with E-state index in [1.54, 1.807) is 6.07 Å². The lowest BCUT2D eigenvalue weighted by Crippen LogP contribution is -2.22. The van der Waals surface area contributed by atoms with E-state index in [0.717, 1.165) is 59.3 Å². The molecule has 1 aromatic heterocycles. The molecule has 206 valence electrons. The Hall–Kier alpha value is -3.45. The third-order valence-electron chi connectivity index (χ3n) is 8.48. The van der Waals surface area contributed by atoms with Crippen molar-refractivity contribution in [3.63, 3.8) is 0 Å². The third-order valence-corrected chi connectivity index (χ3v) is 8.48. The van der Waals surface area contributed by atoms with Crippen LogP contribution in [0.15, 0.2) is 48.7 Å². The first-order valence-corrected chi connectivity index (χ1v) is 13.7. The van der Waals surface area contributed by atoms with Crippen molar-refractivity contribution in [2.45, 2.75) is 57.6 Å². The van der Waals surface area contributed by atoms with Crippen LogP contribution in [-0.4, -0.2) is 42.2 Å². The lowest BCUT2D eigenvalue weighted by molar-refractivity contribution is -0.142. The number of aliphatic carboxylic acids is 1. The molecule has 2 aliphatic rings. The maximum Gasteiger partial charge on any atom is 0.306 e. The molecule has 4 atom stereocenters. The van der Waals surface area contributed by atoms with Crippen LogP contribution in [0.25, 0.3) is 11.1 Å². The van der Waals surface area contributed by atoms with Crippen molar-refractivity contribution in [1.29, 1.82) is 0 Å². The fourth-order valence-electron chi connectivity index (χ4n) is 5.79. The van der Waals surface area contributed by atoms with Crippen LogP contribution in [0.2, 0.25) is 0 Å². The molecule has 1 N–H and O–H groups in total. The van der Waals surface area contributed by atoms with Gasteiger partial charge >= 0.3 is 5.97 Å². The van der Waals surface area contributed by atoms with Gasteiger partial charge in [0.2, 0.25) is 5.88 Å². The molecule has 2 aromatic carbocycles. The highest BCUT2D eigenvalue weighted by Gasteiger charge is 2.39. The molecular formula is C32H37FN2O4. The Kier molecular flexibility index (Phi) is 7.63. The molecular weight excluding hydrogens is 495 g/mol. The first-order chi connectivity index (χ1) is 18.7. The number of carboxylic acid groups (broad SMARTS) is 1. The van der Waals surface area contributed by atoms with Gasteiger partial charge in [-0.25, -0.2) is 9.37 Å². The molecule has 2 heterocycles. The highest BCUT2D eigenvalue weighted by molar-refractivity contribution is 5.71. The number of carbonyl (C=O) groups is 1. The number of rotatable bonds is 9. The molecule has 1 saturated carbocycles. The Morgan fingerprint density at radius 3 is 2.54 bits per heavy atom. The Morgan fingerprint density at radius 1 is 1.10 bits per heavy atom. The first kappa shape index (κ1) is 27.1. The largest absolute Gasteiger partial charge is 0.485 e. The summed E-state index contributed by atoms with van der Waals surface area (Å²) in [4.78, 5) is 17.9. The van der Waals surface area contributed by atoms with Gasteiger partial charge in [0.15, 0.2) is 0 Å². The molecule has 0 amide bonds. The molecule has 1 aliphatic heterocycles. The average molecular weight is 533 g/mol. The zero-order valence-electron chi connectivity index (χ0n) is 23.3. The molecule has 0 radical (unpaired) electrons. The molecule has 0 spiro atoms. The number of ether oxygens (including phenoxy) is 2. The predicted molar refractivity (Wildman–Crippen MR) is 149 cm³/mol. The lowest BCUT2D eigenvalue weighted by Gasteiger charge is -2.30. The van der Waals surface area contributed by atoms with Crippen LogP contribution in [-0.2, 0) is 11.2 Å². The van der Waals surface area contributed by atoms with Gasteiger partial charge in [0, 0.05) is 17.7 Å². The monoisotopic (exact) mass is 532 g/mol. The van der Waals surface area contributed by atoms with Crippen molar-refractivity contribution in [3.8, 4) is 22.8 Å². The summed E-state index contributed by atoms with van der Waals surface area (Å²) in [6.45, 7) is 3.91. The van der Waals surface area contributed by atoms with Gasteiger partial charge in [-0.15, -0.1) is 0 Å². The predicted octanol–water partition coefficient (Wildman–Crippen LogP) is 6.80. The van der Waals surface area contributed by atoms with E-state index in [1.165, 1.54) is 13.3 Å². The van der Waals surface area contributed by atoms with Crippen LogP contribution in [0.3, 0.4) is 0 Å². The number of carboxylic acids is 1. The zero-order valence-corrected chi connectivity index (χ0v) is 23.3. The van der Waals surface area contributed by atoms with Crippen LogP contribution in [0.5, 0.6) is 11.6 Å². The molecule has 1 unspecified atom stereocenters. The molecule has 7 heteroatoms. The minimum absolute atomic E-state index is 0.00384. The summed E-state index contributed by atoms with van der Waals surface area (Å²) < 4.78 is 26.8. The Balaban J connectivity index is 1.49. The number of fused-ring (bicyclic) bond motifs is 1. The van der Waals surface area contributed by atoms with E-state index < -0.39 is 17.7 Å². The highest BCUT2D eigenvalue weighted by Crippen LogP contribution is 2.48. The number of methoxy groups -OCH3 is 1. The number of nitrogens with zero attached hydrogens (tertiary/aromatic N) is 2. The number of benzene rings is 2. The third kappa shape index (κ3) is 5.50. The first-order valence-electron chi connectivity index (χ1n) is 13.7. The maximum atomic E-state index is 14.9. The van der Waals surface area contributed by atoms with Gasteiger partial charge in [-0.05, 0) is 98.5 Å². The fourth-order valence-corrected chi connectivity index (χ4v) is 5.79. The Morgan fingerprint density at radius 2 is 1.87 bits per heavy atom. The molecule has 6 nitrogen and oxygen atoms in total. The van der Waals surface area contributed by atoms with Gasteiger partial charge in [-0.2, -0.15) is 0 Å². The van der Waals surface area contributed by atoms with Crippen molar-refractivity contribution in [3.05, 3.63) is 76.7 Å². The molecule has 3 aromatic rings. The van der Waals surface area contributed by atoms with Gasteiger partial charge in [-0.3, -0.25) is 4.79 Å². The second-order valence-corrected chi connectivity index (χ2v) is 11.2. The van der Waals surface area contributed by atoms with Gasteiger partial charge in [0.1, 0.15) is 17.7 Å². The van der Waals surface area contributed by atoms with Crippen LogP contribution < -0.4 is 9.47 Å². The van der Waals surface area contributed by atoms with E-state index in [1.807, 2.05) is 33.2 Å². The van der Waals surface area contributed by atoms with E-state index in [0.29, 0.717) is 17.4 Å². The van der Waals surface area contributed by atoms with Crippen molar-refractivity contribution in [2.75, 3.05) is 21.2 Å². The van der Waals surface area contributed by atoms with Crippen molar-refractivity contribution in [1.82, 2.24) is 9.88 Å². The van der Waals surface area contributed by atoms with E-state index in [2.05, 4.69) is 41.1 Å². The second-order valence-electron chi connectivity index (χ2n) is 11.2. The van der Waals surface area contributed by atoms with E-state index in [-0.39, 0.29) is 18.1 Å². The van der Waals surface area contributed by atoms with E-state index in [4.69, 9.17) is 9.47 Å². The Bertz CT molecular complexity index is 1370. The molecule has 1 aliphatic carbocycles. The SMILES string of the molecule is COc1cc(-c2ccc([C@H]3CCc4ccc(C(C5CC5)[C@H](C)C(=O)O)cc4O3)cc2[C@H](C)N(C)C)c(F)cn1. The topological polar surface area (TPSA) is 71.9 Å². The van der Waals surface area contributed by atoms with Crippen molar-refractivity contribution in [2.24, 2.45) is 11.8 Å². The Labute approximate surface area is 229 Å². The molecule has 39 heavy (non-hydrogen) atoms. The average Bonchev–Trinajstić information content (AvgIpc) is 3.77. The fraction of sp³-hybridized carbons (Fsp3) is 0.438. The van der Waals surface area contributed by atoms with E-state index in [9.17, 15) is 14.3 Å².